The molecular weight excluding hydrogens is 408 g/mol. The molecule has 0 bridgehead atoms. The quantitative estimate of drug-likeness (QED) is 0.246. The summed E-state index contributed by atoms with van der Waals surface area (Å²) in [5.74, 6) is 0. The summed E-state index contributed by atoms with van der Waals surface area (Å²) in [5.41, 5.74) is 15.3. The van der Waals surface area contributed by atoms with Gasteiger partial charge in [-0.3, -0.25) is 0 Å². The Morgan fingerprint density at radius 3 is 1.41 bits per heavy atom. The molecule has 0 saturated carbocycles. The lowest BCUT2D eigenvalue weighted by molar-refractivity contribution is 0.678. The second-order valence-electron chi connectivity index (χ2n) is 9.82. The smallest absolute Gasteiger partial charge is 0.0429 e. The molecular formula is C34H26. The largest absolute Gasteiger partial charge is 0.0622 e. The minimum atomic E-state index is -0.248. The van der Waals surface area contributed by atoms with Gasteiger partial charge < -0.3 is 0 Å². The maximum atomic E-state index is 2.44. The van der Waals surface area contributed by atoms with Crippen molar-refractivity contribution in [1.82, 2.24) is 0 Å². The molecule has 0 unspecified atom stereocenters. The van der Waals surface area contributed by atoms with Gasteiger partial charge in [0.1, 0.15) is 0 Å². The first-order valence-corrected chi connectivity index (χ1v) is 12.2. The van der Waals surface area contributed by atoms with Crippen LogP contribution in [0.3, 0.4) is 0 Å². The Bertz CT molecular complexity index is 1460. The predicted octanol–water partition coefficient (Wildman–Crippen LogP) is 8.18. The Balaban J connectivity index is 1.51. The molecule has 0 heterocycles. The van der Waals surface area contributed by atoms with Gasteiger partial charge in [0.2, 0.25) is 0 Å². The summed E-state index contributed by atoms with van der Waals surface area (Å²) in [6.45, 7) is 2.44. The van der Waals surface area contributed by atoms with Gasteiger partial charge in [0.15, 0.2) is 0 Å². The van der Waals surface area contributed by atoms with E-state index in [1.54, 1.807) is 0 Å². The fourth-order valence-electron chi connectivity index (χ4n) is 6.48. The zero-order valence-corrected chi connectivity index (χ0v) is 19.4. The standard InChI is InChI=1S/C34H26/c1-34(25-13-3-2-4-14-25,32-19-9-17-28-26-15-7-5-11-23(26)21-30(28)32)33-20-10-18-29-27-16-8-6-12-24(27)22-31(29)33/h2-20H,21-22H2,1H3. The molecule has 0 fully saturated rings. The van der Waals surface area contributed by atoms with Crippen molar-refractivity contribution >= 4 is 0 Å². The van der Waals surface area contributed by atoms with E-state index >= 15 is 0 Å². The monoisotopic (exact) mass is 434 g/mol. The summed E-state index contributed by atoms with van der Waals surface area (Å²) >= 11 is 0. The number of benzene rings is 5. The van der Waals surface area contributed by atoms with Crippen LogP contribution in [0, 0.1) is 0 Å². The van der Waals surface area contributed by atoms with Crippen molar-refractivity contribution < 1.29 is 0 Å². The molecule has 0 heteroatoms. The van der Waals surface area contributed by atoms with Crippen molar-refractivity contribution in [2.24, 2.45) is 0 Å². The van der Waals surface area contributed by atoms with Crippen LogP contribution < -0.4 is 0 Å². The molecule has 5 aromatic carbocycles. The highest BCUT2D eigenvalue weighted by molar-refractivity contribution is 5.82. The average molecular weight is 435 g/mol. The van der Waals surface area contributed by atoms with Gasteiger partial charge in [0, 0.05) is 5.41 Å². The zero-order chi connectivity index (χ0) is 22.7. The lowest BCUT2D eigenvalue weighted by Crippen LogP contribution is -2.28. The maximum absolute atomic E-state index is 2.44. The second kappa shape index (κ2) is 7.30. The molecule has 162 valence electrons. The van der Waals surface area contributed by atoms with Gasteiger partial charge in [0.05, 0.1) is 0 Å². The molecule has 0 nitrogen and oxygen atoms in total. The summed E-state index contributed by atoms with van der Waals surface area (Å²) in [6, 6.07) is 42.8. The summed E-state index contributed by atoms with van der Waals surface area (Å²) in [6.07, 6.45) is 2.00. The normalized spacial score (nSPS) is 13.2. The van der Waals surface area contributed by atoms with Crippen LogP contribution in [0.25, 0.3) is 22.3 Å². The summed E-state index contributed by atoms with van der Waals surface area (Å²) in [5, 5.41) is 0. The van der Waals surface area contributed by atoms with Crippen LogP contribution in [0.4, 0.5) is 0 Å². The molecule has 0 spiro atoms. The predicted molar refractivity (Wildman–Crippen MR) is 141 cm³/mol. The molecule has 0 amide bonds. The fourth-order valence-corrected chi connectivity index (χ4v) is 6.48. The van der Waals surface area contributed by atoms with E-state index in [1.165, 1.54) is 61.2 Å². The molecule has 0 atom stereocenters. The van der Waals surface area contributed by atoms with Crippen LogP contribution in [-0.2, 0) is 18.3 Å². The molecule has 34 heavy (non-hydrogen) atoms. The topological polar surface area (TPSA) is 0 Å². The molecule has 5 aromatic rings. The molecule has 2 aliphatic carbocycles. The van der Waals surface area contributed by atoms with Gasteiger partial charge in [-0.25, -0.2) is 0 Å². The Morgan fingerprint density at radius 1 is 0.441 bits per heavy atom. The Kier molecular flexibility index (Phi) is 4.20. The lowest BCUT2D eigenvalue weighted by Gasteiger charge is -2.35. The first-order valence-electron chi connectivity index (χ1n) is 12.2. The SMILES string of the molecule is CC(c1ccccc1)(c1cccc2c1Cc1ccccc1-2)c1cccc2c1Cc1ccccc1-2. The number of rotatable bonds is 3. The van der Waals surface area contributed by atoms with Gasteiger partial charge in [-0.05, 0) is 81.0 Å². The average Bonchev–Trinajstić information content (AvgIpc) is 3.47. The third-order valence-corrected chi connectivity index (χ3v) is 8.13. The zero-order valence-electron chi connectivity index (χ0n) is 19.4. The number of fused-ring (bicyclic) bond motifs is 6. The Hall–Kier alpha value is -3.90. The second-order valence-corrected chi connectivity index (χ2v) is 9.82. The molecule has 0 aromatic heterocycles. The summed E-state index contributed by atoms with van der Waals surface area (Å²) < 4.78 is 0. The molecule has 0 N–H and O–H groups in total. The molecule has 2 aliphatic rings. The van der Waals surface area contributed by atoms with E-state index in [0.717, 1.165) is 12.8 Å². The third-order valence-electron chi connectivity index (χ3n) is 8.13. The molecule has 0 saturated heterocycles. The highest BCUT2D eigenvalue weighted by Gasteiger charge is 2.38. The van der Waals surface area contributed by atoms with E-state index in [0.29, 0.717) is 0 Å². The van der Waals surface area contributed by atoms with Crippen LogP contribution in [0.15, 0.2) is 115 Å². The van der Waals surface area contributed by atoms with Crippen LogP contribution in [-0.4, -0.2) is 0 Å². The van der Waals surface area contributed by atoms with E-state index in [9.17, 15) is 0 Å². The van der Waals surface area contributed by atoms with Crippen LogP contribution >= 0.6 is 0 Å². The van der Waals surface area contributed by atoms with Gasteiger partial charge in [0.25, 0.3) is 0 Å². The fraction of sp³-hybridized carbons (Fsp3) is 0.118. The van der Waals surface area contributed by atoms with E-state index in [-0.39, 0.29) is 5.41 Å². The first kappa shape index (κ1) is 19.6. The van der Waals surface area contributed by atoms with Crippen LogP contribution in [0.1, 0.15) is 45.9 Å². The Morgan fingerprint density at radius 2 is 0.882 bits per heavy atom. The van der Waals surface area contributed by atoms with Crippen molar-refractivity contribution in [2.45, 2.75) is 25.2 Å². The van der Waals surface area contributed by atoms with Crippen molar-refractivity contribution in [1.29, 1.82) is 0 Å². The van der Waals surface area contributed by atoms with Crippen molar-refractivity contribution in [2.75, 3.05) is 0 Å². The molecule has 0 aliphatic heterocycles. The Labute approximate surface area is 201 Å². The lowest BCUT2D eigenvalue weighted by atomic mass is 9.67. The highest BCUT2D eigenvalue weighted by Crippen LogP contribution is 2.50. The first-order chi connectivity index (χ1) is 16.7. The summed E-state index contributed by atoms with van der Waals surface area (Å²) in [7, 11) is 0. The van der Waals surface area contributed by atoms with Crippen molar-refractivity contribution in [3.63, 3.8) is 0 Å². The molecule has 7 rings (SSSR count). The van der Waals surface area contributed by atoms with E-state index in [2.05, 4.69) is 122 Å². The van der Waals surface area contributed by atoms with Gasteiger partial charge >= 0.3 is 0 Å². The number of hydrogen-bond donors (Lipinski definition) is 0. The van der Waals surface area contributed by atoms with Crippen LogP contribution in [0.2, 0.25) is 0 Å². The van der Waals surface area contributed by atoms with E-state index < -0.39 is 0 Å². The van der Waals surface area contributed by atoms with E-state index in [1.807, 2.05) is 0 Å². The van der Waals surface area contributed by atoms with Gasteiger partial charge in [-0.2, -0.15) is 0 Å². The van der Waals surface area contributed by atoms with Crippen molar-refractivity contribution in [3.05, 3.63) is 154 Å². The van der Waals surface area contributed by atoms with Gasteiger partial charge in [-0.15, -0.1) is 0 Å². The maximum Gasteiger partial charge on any atom is 0.0429 e. The third kappa shape index (κ3) is 2.66. The van der Waals surface area contributed by atoms with Crippen molar-refractivity contribution in [3.8, 4) is 22.3 Å². The molecule has 0 radical (unpaired) electrons. The number of hydrogen-bond acceptors (Lipinski definition) is 0. The minimum absolute atomic E-state index is 0.248. The van der Waals surface area contributed by atoms with Gasteiger partial charge in [-0.1, -0.05) is 115 Å². The highest BCUT2D eigenvalue weighted by atomic mass is 14.4. The minimum Gasteiger partial charge on any atom is -0.0622 e. The van der Waals surface area contributed by atoms with E-state index in [4.69, 9.17) is 0 Å². The van der Waals surface area contributed by atoms with Crippen LogP contribution in [0.5, 0.6) is 0 Å². The summed E-state index contributed by atoms with van der Waals surface area (Å²) in [4.78, 5) is 0.